The van der Waals surface area contributed by atoms with E-state index in [1.54, 1.807) is 6.07 Å². The molecule has 0 saturated heterocycles. The van der Waals surface area contributed by atoms with Crippen LogP contribution in [-0.2, 0) is 13.1 Å². The third-order valence-electron chi connectivity index (χ3n) is 5.56. The molecule has 0 aromatic carbocycles. The summed E-state index contributed by atoms with van der Waals surface area (Å²) in [5.74, 6) is 0.916. The largest absolute Gasteiger partial charge is 0.477 e. The number of hydrogen-bond donors (Lipinski definition) is 1. The molecule has 176 valence electrons. The van der Waals surface area contributed by atoms with E-state index in [4.69, 9.17) is 9.73 Å². The summed E-state index contributed by atoms with van der Waals surface area (Å²) < 4.78 is 9.08. The van der Waals surface area contributed by atoms with Gasteiger partial charge in [0.05, 0.1) is 37.2 Å². The molecule has 3 rings (SSSR count). The number of aliphatic hydroxyl groups is 1. The highest BCUT2D eigenvalue weighted by atomic mass is 16.5. The zero-order chi connectivity index (χ0) is 24.0. The predicted octanol–water partition coefficient (Wildman–Crippen LogP) is 4.00. The molecule has 0 radical (unpaired) electrons. The molecule has 1 unspecified atom stereocenters. The minimum absolute atomic E-state index is 0.204. The van der Waals surface area contributed by atoms with Crippen molar-refractivity contribution in [1.82, 2.24) is 19.3 Å². The molecule has 33 heavy (non-hydrogen) atoms. The van der Waals surface area contributed by atoms with Gasteiger partial charge in [-0.3, -0.25) is 4.79 Å². The van der Waals surface area contributed by atoms with Crippen LogP contribution < -0.4 is 10.3 Å². The quantitative estimate of drug-likeness (QED) is 0.745. The van der Waals surface area contributed by atoms with Gasteiger partial charge in [-0.1, -0.05) is 25.2 Å². The number of fused-ring (bicyclic) bond motifs is 3. The average molecular weight is 452 g/mol. The van der Waals surface area contributed by atoms with Gasteiger partial charge in [-0.05, 0) is 51.3 Å². The number of hydrogen-bond acceptors (Lipinski definition) is 6. The Morgan fingerprint density at radius 3 is 2.79 bits per heavy atom. The fourth-order valence-corrected chi connectivity index (χ4v) is 3.51. The van der Waals surface area contributed by atoms with Gasteiger partial charge in [-0.15, -0.1) is 5.10 Å². The standard InChI is InChI=1S/C25H33N5O3/c1-6-8-9-22-19(5)27-25-26-18(4)17(3)14-20(7-2)15-30-24(32)11-10-23(28-30)33-13-12-21(31)16-29(22)25/h7-11,14,21,31H,6,12-13,15-16H2,1-5H3/b9-8?,17-14+,20-7?,26-18?. The van der Waals surface area contributed by atoms with Crippen molar-refractivity contribution in [2.75, 3.05) is 6.61 Å². The molecule has 3 heterocycles. The molecular formula is C25H33N5O3. The molecule has 2 aromatic rings. The Kier molecular flexibility index (Phi) is 8.16. The van der Waals surface area contributed by atoms with Crippen LogP contribution in [0.25, 0.3) is 6.08 Å². The second-order valence-corrected chi connectivity index (χ2v) is 8.15. The molecule has 1 aliphatic rings. The van der Waals surface area contributed by atoms with Crippen molar-refractivity contribution in [2.24, 2.45) is 4.99 Å². The number of aromatic nitrogens is 4. The highest BCUT2D eigenvalue weighted by Crippen LogP contribution is 2.23. The number of imidazole rings is 1. The Balaban J connectivity index is 2.09. The molecule has 1 aliphatic heterocycles. The van der Waals surface area contributed by atoms with E-state index < -0.39 is 6.10 Å². The third-order valence-corrected chi connectivity index (χ3v) is 5.56. The Bertz CT molecular complexity index is 1170. The van der Waals surface area contributed by atoms with Crippen LogP contribution in [0.2, 0.25) is 0 Å². The summed E-state index contributed by atoms with van der Waals surface area (Å²) in [4.78, 5) is 21.8. The highest BCUT2D eigenvalue weighted by molar-refractivity contribution is 5.99. The summed E-state index contributed by atoms with van der Waals surface area (Å²) >= 11 is 0. The van der Waals surface area contributed by atoms with Gasteiger partial charge in [0.15, 0.2) is 0 Å². The molecule has 8 heteroatoms. The lowest BCUT2D eigenvalue weighted by Gasteiger charge is -2.16. The van der Waals surface area contributed by atoms with E-state index in [0.717, 1.165) is 34.7 Å². The van der Waals surface area contributed by atoms with Crippen molar-refractivity contribution in [3.63, 3.8) is 0 Å². The average Bonchev–Trinajstić information content (AvgIpc) is 3.06. The minimum Gasteiger partial charge on any atom is -0.477 e. The topological polar surface area (TPSA) is 94.5 Å². The van der Waals surface area contributed by atoms with Crippen LogP contribution in [0.3, 0.4) is 0 Å². The van der Waals surface area contributed by atoms with Gasteiger partial charge in [0.25, 0.3) is 5.56 Å². The summed E-state index contributed by atoms with van der Waals surface area (Å²) in [6.07, 6.45) is 8.71. The van der Waals surface area contributed by atoms with Crippen LogP contribution in [0.1, 0.15) is 51.9 Å². The van der Waals surface area contributed by atoms with E-state index in [1.807, 2.05) is 50.5 Å². The van der Waals surface area contributed by atoms with Gasteiger partial charge < -0.3 is 14.4 Å². The van der Waals surface area contributed by atoms with Crippen LogP contribution in [-0.4, -0.2) is 42.9 Å². The number of rotatable bonds is 2. The normalized spacial score (nSPS) is 20.8. The molecule has 0 saturated carbocycles. The van der Waals surface area contributed by atoms with Crippen molar-refractivity contribution < 1.29 is 9.84 Å². The van der Waals surface area contributed by atoms with Crippen LogP contribution in [0.15, 0.2) is 51.3 Å². The lowest BCUT2D eigenvalue weighted by Crippen LogP contribution is -2.24. The molecule has 8 nitrogen and oxygen atoms in total. The van der Waals surface area contributed by atoms with Crippen molar-refractivity contribution >= 4 is 17.7 Å². The molecule has 0 amide bonds. The van der Waals surface area contributed by atoms with E-state index >= 15 is 0 Å². The van der Waals surface area contributed by atoms with Gasteiger partial charge in [0.1, 0.15) is 0 Å². The first kappa shape index (κ1) is 24.4. The van der Waals surface area contributed by atoms with E-state index in [2.05, 4.69) is 23.1 Å². The molecule has 0 spiro atoms. The van der Waals surface area contributed by atoms with Gasteiger partial charge >= 0.3 is 0 Å². The van der Waals surface area contributed by atoms with Gasteiger partial charge in [-0.25, -0.2) is 14.7 Å². The fourth-order valence-electron chi connectivity index (χ4n) is 3.51. The maximum absolute atomic E-state index is 12.3. The van der Waals surface area contributed by atoms with Crippen LogP contribution >= 0.6 is 0 Å². The van der Waals surface area contributed by atoms with E-state index in [9.17, 15) is 9.90 Å². The third kappa shape index (κ3) is 6.16. The first-order valence-corrected chi connectivity index (χ1v) is 11.3. The Morgan fingerprint density at radius 2 is 2.06 bits per heavy atom. The summed E-state index contributed by atoms with van der Waals surface area (Å²) in [6.45, 7) is 10.8. The highest BCUT2D eigenvalue weighted by Gasteiger charge is 2.17. The molecule has 2 bridgehead atoms. The van der Waals surface area contributed by atoms with Gasteiger partial charge in [0, 0.05) is 24.3 Å². The Hall–Kier alpha value is -3.26. The first-order valence-electron chi connectivity index (χ1n) is 11.3. The van der Waals surface area contributed by atoms with E-state index in [1.165, 1.54) is 10.7 Å². The molecule has 2 aromatic heterocycles. The van der Waals surface area contributed by atoms with Crippen molar-refractivity contribution in [2.45, 2.75) is 66.7 Å². The number of aryl methyl sites for hydroxylation is 1. The first-order chi connectivity index (χ1) is 15.8. The maximum atomic E-state index is 12.3. The zero-order valence-electron chi connectivity index (χ0n) is 20.1. The summed E-state index contributed by atoms with van der Waals surface area (Å²) in [5.41, 5.74) is 4.29. The number of aliphatic hydroxyl groups excluding tert-OH is 1. The van der Waals surface area contributed by atoms with Crippen LogP contribution in [0, 0.1) is 6.92 Å². The Morgan fingerprint density at radius 1 is 1.27 bits per heavy atom. The van der Waals surface area contributed by atoms with Crippen LogP contribution in [0.4, 0.5) is 5.95 Å². The lowest BCUT2D eigenvalue weighted by molar-refractivity contribution is 0.121. The number of allylic oxidation sites excluding steroid dienone is 5. The van der Waals surface area contributed by atoms with Crippen LogP contribution in [0.5, 0.6) is 5.88 Å². The second kappa shape index (κ2) is 11.0. The Labute approximate surface area is 194 Å². The maximum Gasteiger partial charge on any atom is 0.267 e. The van der Waals surface area contributed by atoms with Crippen molar-refractivity contribution in [1.29, 1.82) is 0 Å². The predicted molar refractivity (Wildman–Crippen MR) is 131 cm³/mol. The fraction of sp³-hybridized carbons (Fsp3) is 0.440. The number of aliphatic imine (C=N–C) groups is 1. The molecule has 0 aliphatic carbocycles. The molecule has 0 fully saturated rings. The van der Waals surface area contributed by atoms with E-state index in [0.29, 0.717) is 31.3 Å². The summed E-state index contributed by atoms with van der Waals surface area (Å²) in [7, 11) is 0. The summed E-state index contributed by atoms with van der Waals surface area (Å²) in [6, 6.07) is 3.01. The minimum atomic E-state index is -0.660. The zero-order valence-corrected chi connectivity index (χ0v) is 20.1. The van der Waals surface area contributed by atoms with E-state index in [-0.39, 0.29) is 12.2 Å². The summed E-state index contributed by atoms with van der Waals surface area (Å²) in [5, 5.41) is 15.1. The molecular weight excluding hydrogens is 418 g/mol. The molecule has 1 atom stereocenters. The number of nitrogens with zero attached hydrogens (tertiary/aromatic N) is 5. The second-order valence-electron chi connectivity index (χ2n) is 8.15. The van der Waals surface area contributed by atoms with Crippen molar-refractivity contribution in [3.8, 4) is 5.88 Å². The lowest BCUT2D eigenvalue weighted by atomic mass is 10.1. The van der Waals surface area contributed by atoms with Gasteiger partial charge in [0.2, 0.25) is 11.8 Å². The van der Waals surface area contributed by atoms with Gasteiger partial charge in [-0.2, -0.15) is 0 Å². The smallest absolute Gasteiger partial charge is 0.267 e. The SMILES string of the molecule is CC=C1/C=C(\C)C(C)=Nc2nc(C)c(C=CCC)n2CC(O)CCOc2ccc(=O)n(n2)C1. The molecule has 1 N–H and O–H groups in total. The monoisotopic (exact) mass is 451 g/mol. The number of ether oxygens (including phenoxy) is 1. The van der Waals surface area contributed by atoms with Crippen molar-refractivity contribution in [3.05, 3.63) is 63.2 Å².